The van der Waals surface area contributed by atoms with Gasteiger partial charge in [-0.15, -0.1) is 0 Å². The highest BCUT2D eigenvalue weighted by Crippen LogP contribution is 2.10. The summed E-state index contributed by atoms with van der Waals surface area (Å²) in [7, 11) is -2.46. The summed E-state index contributed by atoms with van der Waals surface area (Å²) in [4.78, 5) is 11.6. The van der Waals surface area contributed by atoms with Gasteiger partial charge in [-0.3, -0.25) is 8.98 Å². The molecule has 0 rings (SSSR count). The van der Waals surface area contributed by atoms with Crippen molar-refractivity contribution < 1.29 is 17.4 Å². The molecule has 0 aliphatic rings. The summed E-state index contributed by atoms with van der Waals surface area (Å²) in [6, 6.07) is 0. The number of hydrogen-bond donors (Lipinski definition) is 1. The zero-order valence-electron chi connectivity index (χ0n) is 10.5. The minimum Gasteiger partial charge on any atom is -0.350 e. The monoisotopic (exact) mass is 283 g/mol. The van der Waals surface area contributed by atoms with Crippen molar-refractivity contribution in [1.29, 1.82) is 0 Å². The Kier molecular flexibility index (Phi) is 10.6. The van der Waals surface area contributed by atoms with E-state index in [-0.39, 0.29) is 32.4 Å². The van der Waals surface area contributed by atoms with Crippen LogP contribution < -0.4 is 5.32 Å². The average Bonchev–Trinajstić information content (AvgIpc) is 2.14. The highest BCUT2D eigenvalue weighted by atomic mass is 32.2. The third-order valence-corrected chi connectivity index (χ3v) is 3.90. The molecule has 0 heterocycles. The Bertz CT molecular complexity index is 336. The van der Waals surface area contributed by atoms with E-state index in [0.29, 0.717) is 0 Å². The van der Waals surface area contributed by atoms with Crippen LogP contribution in [-0.2, 0) is 19.1 Å². The van der Waals surface area contributed by atoms with Gasteiger partial charge in [0, 0.05) is 5.92 Å². The number of rotatable bonds is 6. The number of amides is 1. The number of nitrogens with one attached hydrogen (secondary N) is 1. The van der Waals surface area contributed by atoms with Crippen LogP contribution in [0, 0.1) is 5.92 Å². The van der Waals surface area contributed by atoms with E-state index in [9.17, 15) is 13.2 Å². The molecule has 1 unspecified atom stereocenters. The van der Waals surface area contributed by atoms with Gasteiger partial charge in [0.25, 0.3) is 10.1 Å². The predicted octanol–water partition coefficient (Wildman–Crippen LogP) is 2.18. The Morgan fingerprint density at radius 1 is 1.33 bits per heavy atom. The summed E-state index contributed by atoms with van der Waals surface area (Å²) in [6.07, 6.45) is 0.721. The molecule has 0 saturated heterocycles. The lowest BCUT2D eigenvalue weighted by atomic mass is 10.0. The molecule has 0 saturated carbocycles. The Labute approximate surface area is 112 Å². The maximum Gasteiger partial charge on any atom is 0.269 e. The normalized spacial score (nSPS) is 12.9. The van der Waals surface area contributed by atoms with E-state index in [1.165, 1.54) is 0 Å². The second kappa shape index (κ2) is 8.48. The summed E-state index contributed by atoms with van der Waals surface area (Å²) >= 11 is 0. The molecule has 0 spiro atoms. The molecule has 0 bridgehead atoms. The van der Waals surface area contributed by atoms with Crippen molar-refractivity contribution in [3.05, 3.63) is 0 Å². The summed E-state index contributed by atoms with van der Waals surface area (Å²) in [5, 5.41) is 2.70. The largest absolute Gasteiger partial charge is 0.350 e. The molecule has 112 valence electrons. The van der Waals surface area contributed by atoms with Crippen molar-refractivity contribution in [2.24, 2.45) is 5.92 Å². The van der Waals surface area contributed by atoms with Crippen molar-refractivity contribution in [2.75, 3.05) is 12.9 Å². The lowest BCUT2D eigenvalue weighted by Crippen LogP contribution is -2.50. The SMILES string of the molecule is C.C.CCC(C)C(=O)NC(C)(C)CS(=O)(=O)OC. The molecule has 0 aliphatic heterocycles. The summed E-state index contributed by atoms with van der Waals surface area (Å²) in [5.41, 5.74) is -0.824. The van der Waals surface area contributed by atoms with Gasteiger partial charge in [-0.2, -0.15) is 8.42 Å². The van der Waals surface area contributed by atoms with Crippen LogP contribution in [0.25, 0.3) is 0 Å². The highest BCUT2D eigenvalue weighted by Gasteiger charge is 2.28. The van der Waals surface area contributed by atoms with Gasteiger partial charge >= 0.3 is 0 Å². The molecule has 0 aromatic carbocycles. The topological polar surface area (TPSA) is 72.5 Å². The minimum absolute atomic E-state index is 0. The van der Waals surface area contributed by atoms with Crippen LogP contribution in [0.5, 0.6) is 0 Å². The van der Waals surface area contributed by atoms with E-state index >= 15 is 0 Å². The Hall–Kier alpha value is -0.620. The van der Waals surface area contributed by atoms with Gasteiger partial charge in [-0.05, 0) is 20.3 Å². The fraction of sp³-hybridized carbons (Fsp3) is 0.917. The van der Waals surface area contributed by atoms with Gasteiger partial charge in [0.1, 0.15) is 0 Å². The molecular weight excluding hydrogens is 254 g/mol. The molecule has 5 nitrogen and oxygen atoms in total. The zero-order chi connectivity index (χ0) is 13.0. The van der Waals surface area contributed by atoms with Crippen LogP contribution >= 0.6 is 0 Å². The second-order valence-electron chi connectivity index (χ2n) is 4.55. The van der Waals surface area contributed by atoms with Gasteiger partial charge in [-0.25, -0.2) is 0 Å². The molecule has 0 aromatic rings. The van der Waals surface area contributed by atoms with Crippen molar-refractivity contribution in [3.63, 3.8) is 0 Å². The molecule has 0 aliphatic carbocycles. The highest BCUT2D eigenvalue weighted by molar-refractivity contribution is 7.86. The van der Waals surface area contributed by atoms with Crippen LogP contribution in [0.1, 0.15) is 49.0 Å². The van der Waals surface area contributed by atoms with Gasteiger partial charge < -0.3 is 5.32 Å². The summed E-state index contributed by atoms with van der Waals surface area (Å²) < 4.78 is 26.9. The van der Waals surface area contributed by atoms with Crippen LogP contribution in [-0.4, -0.2) is 32.7 Å². The van der Waals surface area contributed by atoms with Crippen molar-refractivity contribution >= 4 is 16.0 Å². The van der Waals surface area contributed by atoms with Crippen molar-refractivity contribution in [1.82, 2.24) is 5.32 Å². The average molecular weight is 283 g/mol. The summed E-state index contributed by atoms with van der Waals surface area (Å²) in [6.45, 7) is 7.02. The summed E-state index contributed by atoms with van der Waals surface area (Å²) in [5.74, 6) is -0.498. The first-order chi connectivity index (χ1) is 7.13. The Morgan fingerprint density at radius 2 is 1.78 bits per heavy atom. The van der Waals surface area contributed by atoms with Gasteiger partial charge in [-0.1, -0.05) is 28.7 Å². The number of carbonyl (C=O) groups excluding carboxylic acids is 1. The first-order valence-corrected chi connectivity index (χ1v) is 6.81. The molecule has 1 atom stereocenters. The molecule has 18 heavy (non-hydrogen) atoms. The smallest absolute Gasteiger partial charge is 0.269 e. The van der Waals surface area contributed by atoms with Gasteiger partial charge in [0.05, 0.1) is 18.4 Å². The van der Waals surface area contributed by atoms with Gasteiger partial charge in [0.15, 0.2) is 0 Å². The lowest BCUT2D eigenvalue weighted by Gasteiger charge is -2.26. The fourth-order valence-electron chi connectivity index (χ4n) is 1.18. The van der Waals surface area contributed by atoms with E-state index in [0.717, 1.165) is 13.5 Å². The first kappa shape index (κ1) is 22.6. The molecule has 1 N–H and O–H groups in total. The molecule has 0 radical (unpaired) electrons. The third-order valence-electron chi connectivity index (χ3n) is 2.31. The zero-order valence-corrected chi connectivity index (χ0v) is 11.3. The number of carbonyl (C=O) groups is 1. The molecular formula is C12H29NO4S. The van der Waals surface area contributed by atoms with Crippen LogP contribution in [0.3, 0.4) is 0 Å². The molecule has 0 aromatic heterocycles. The maximum absolute atomic E-state index is 11.6. The van der Waals surface area contributed by atoms with Crippen LogP contribution in [0.4, 0.5) is 0 Å². The van der Waals surface area contributed by atoms with Crippen molar-refractivity contribution in [3.8, 4) is 0 Å². The first-order valence-electron chi connectivity index (χ1n) is 5.24. The van der Waals surface area contributed by atoms with E-state index in [4.69, 9.17) is 0 Å². The maximum atomic E-state index is 11.6. The van der Waals surface area contributed by atoms with E-state index in [2.05, 4.69) is 9.50 Å². The van der Waals surface area contributed by atoms with E-state index in [1.807, 2.05) is 6.92 Å². The molecule has 0 fully saturated rings. The third kappa shape index (κ3) is 8.47. The minimum atomic E-state index is -3.57. The molecule has 6 heteroatoms. The quantitative estimate of drug-likeness (QED) is 0.758. The second-order valence-corrected chi connectivity index (χ2v) is 6.29. The standard InChI is InChI=1S/C10H21NO4S.2CH4/c1-6-8(2)9(12)11-10(3,4)7-16(13,14)15-5;;/h8H,6-7H2,1-5H3,(H,11,12);2*1H4. The number of hydrogen-bond acceptors (Lipinski definition) is 4. The lowest BCUT2D eigenvalue weighted by molar-refractivity contribution is -0.125. The Balaban J connectivity index is -0.00000112. The fourth-order valence-corrected chi connectivity index (χ4v) is 2.25. The Morgan fingerprint density at radius 3 is 2.11 bits per heavy atom. The van der Waals surface area contributed by atoms with Gasteiger partial charge in [0.2, 0.25) is 5.91 Å². The van der Waals surface area contributed by atoms with E-state index < -0.39 is 15.7 Å². The van der Waals surface area contributed by atoms with Crippen molar-refractivity contribution in [2.45, 2.75) is 54.5 Å². The molecule has 1 amide bonds. The predicted molar refractivity (Wildman–Crippen MR) is 75.9 cm³/mol. The van der Waals surface area contributed by atoms with Crippen LogP contribution in [0.2, 0.25) is 0 Å². The van der Waals surface area contributed by atoms with Crippen LogP contribution in [0.15, 0.2) is 0 Å². The van der Waals surface area contributed by atoms with E-state index in [1.54, 1.807) is 20.8 Å².